The molecule has 1 heterocycles. The van der Waals surface area contributed by atoms with E-state index in [1.54, 1.807) is 12.1 Å². The Kier molecular flexibility index (Phi) is 3.53. The molecule has 0 saturated carbocycles. The maximum Gasteiger partial charge on any atom is 0.250 e. The molecule has 0 unspecified atom stereocenters. The Balaban J connectivity index is 2.25. The minimum atomic E-state index is -2.32. The number of nitrogens with one attached hydrogen (secondary N) is 1. The Bertz CT molecular complexity index is 215. The van der Waals surface area contributed by atoms with Crippen molar-refractivity contribution in [2.24, 2.45) is 0 Å². The first-order chi connectivity index (χ1) is 5.79. The summed E-state index contributed by atoms with van der Waals surface area (Å²) in [6.07, 6.45) is -0.780. The lowest BCUT2D eigenvalue weighted by Gasteiger charge is -2.01. The van der Waals surface area contributed by atoms with Gasteiger partial charge in [0.15, 0.2) is 0 Å². The Morgan fingerprint density at radius 2 is 2.33 bits per heavy atom. The number of hydrogen-bond acceptors (Lipinski definition) is 3. The molecule has 5 heteroatoms. The predicted molar refractivity (Wildman–Crippen MR) is 39.7 cm³/mol. The van der Waals surface area contributed by atoms with E-state index in [0.29, 0.717) is 12.2 Å². The molecule has 1 N–H and O–H groups in total. The van der Waals surface area contributed by atoms with Crippen LogP contribution in [0.25, 0.3) is 0 Å². The number of hydrogen-bond donors (Lipinski definition) is 1. The minimum absolute atomic E-state index is 0.309. The highest BCUT2D eigenvalue weighted by Crippen LogP contribution is 1.92. The van der Waals surface area contributed by atoms with E-state index in [1.807, 2.05) is 0 Å². The summed E-state index contributed by atoms with van der Waals surface area (Å²) >= 11 is 0. The molecular formula is C7H9F2N3. The Morgan fingerprint density at radius 1 is 1.50 bits per heavy atom. The maximum absolute atomic E-state index is 11.6. The third-order valence-electron chi connectivity index (χ3n) is 1.23. The minimum Gasteiger partial charge on any atom is -0.306 e. The van der Waals surface area contributed by atoms with Gasteiger partial charge in [-0.05, 0) is 12.1 Å². The quantitative estimate of drug-likeness (QED) is 0.732. The predicted octanol–water partition coefficient (Wildman–Crippen LogP) is 0.831. The first-order valence-electron chi connectivity index (χ1n) is 3.54. The monoisotopic (exact) mass is 173 g/mol. The molecule has 3 nitrogen and oxygen atoms in total. The molecule has 66 valence electrons. The second-order valence-corrected chi connectivity index (χ2v) is 2.24. The van der Waals surface area contributed by atoms with E-state index < -0.39 is 6.43 Å². The van der Waals surface area contributed by atoms with E-state index in [-0.39, 0.29) is 6.54 Å². The normalized spacial score (nSPS) is 10.6. The zero-order chi connectivity index (χ0) is 8.81. The lowest BCUT2D eigenvalue weighted by Crippen LogP contribution is -2.21. The van der Waals surface area contributed by atoms with Crippen LogP contribution >= 0.6 is 0 Å². The highest BCUT2D eigenvalue weighted by atomic mass is 19.3. The molecule has 0 spiro atoms. The van der Waals surface area contributed by atoms with Crippen molar-refractivity contribution in [2.75, 3.05) is 6.54 Å². The van der Waals surface area contributed by atoms with E-state index in [2.05, 4.69) is 15.5 Å². The molecule has 0 aliphatic carbocycles. The van der Waals surface area contributed by atoms with Crippen molar-refractivity contribution in [1.82, 2.24) is 15.5 Å². The largest absolute Gasteiger partial charge is 0.306 e. The molecule has 12 heavy (non-hydrogen) atoms. The van der Waals surface area contributed by atoms with Gasteiger partial charge in [-0.15, -0.1) is 0 Å². The van der Waals surface area contributed by atoms with Gasteiger partial charge in [-0.3, -0.25) is 0 Å². The van der Waals surface area contributed by atoms with Crippen LogP contribution in [0.4, 0.5) is 8.78 Å². The van der Waals surface area contributed by atoms with Gasteiger partial charge in [0.05, 0.1) is 12.2 Å². The standard InChI is InChI=1S/C7H9F2N3/c8-7(9)5-10-4-6-2-1-3-11-12-6/h1-3,7,10H,4-5H2. The molecule has 0 radical (unpaired) electrons. The molecule has 1 rings (SSSR count). The van der Waals surface area contributed by atoms with Crippen molar-refractivity contribution in [2.45, 2.75) is 13.0 Å². The van der Waals surface area contributed by atoms with Gasteiger partial charge in [0.25, 0.3) is 6.43 Å². The lowest BCUT2D eigenvalue weighted by atomic mass is 10.4. The fourth-order valence-corrected chi connectivity index (χ4v) is 0.737. The van der Waals surface area contributed by atoms with Gasteiger partial charge in [0.2, 0.25) is 0 Å². The van der Waals surface area contributed by atoms with Crippen molar-refractivity contribution < 1.29 is 8.78 Å². The van der Waals surface area contributed by atoms with Gasteiger partial charge < -0.3 is 5.32 Å². The van der Waals surface area contributed by atoms with E-state index in [1.165, 1.54) is 6.20 Å². The molecule has 0 aliphatic rings. The molecule has 1 aromatic rings. The van der Waals surface area contributed by atoms with Crippen LogP contribution in [-0.4, -0.2) is 23.2 Å². The van der Waals surface area contributed by atoms with E-state index in [4.69, 9.17) is 0 Å². The van der Waals surface area contributed by atoms with Crippen LogP contribution in [0.5, 0.6) is 0 Å². The highest BCUT2D eigenvalue weighted by Gasteiger charge is 2.00. The van der Waals surface area contributed by atoms with Crippen LogP contribution in [0.2, 0.25) is 0 Å². The summed E-state index contributed by atoms with van der Waals surface area (Å²) in [6.45, 7) is 0.0226. The first kappa shape index (κ1) is 8.99. The molecular weight excluding hydrogens is 164 g/mol. The highest BCUT2D eigenvalue weighted by molar-refractivity contribution is 4.98. The van der Waals surface area contributed by atoms with Crippen molar-refractivity contribution in [1.29, 1.82) is 0 Å². The van der Waals surface area contributed by atoms with Crippen LogP contribution in [0, 0.1) is 0 Å². The van der Waals surface area contributed by atoms with Crippen molar-refractivity contribution in [3.8, 4) is 0 Å². The summed E-state index contributed by atoms with van der Waals surface area (Å²) in [5.74, 6) is 0. The van der Waals surface area contributed by atoms with Crippen molar-refractivity contribution >= 4 is 0 Å². The smallest absolute Gasteiger partial charge is 0.250 e. The Hall–Kier alpha value is -1.10. The van der Waals surface area contributed by atoms with Gasteiger partial charge in [-0.2, -0.15) is 10.2 Å². The summed E-state index contributed by atoms with van der Waals surface area (Å²) < 4.78 is 23.3. The van der Waals surface area contributed by atoms with Crippen LogP contribution in [0.15, 0.2) is 18.3 Å². The average Bonchev–Trinajstić information content (AvgIpc) is 2.05. The summed E-state index contributed by atoms with van der Waals surface area (Å²) in [4.78, 5) is 0. The zero-order valence-corrected chi connectivity index (χ0v) is 6.37. The summed E-state index contributed by atoms with van der Waals surface area (Å²) in [5.41, 5.74) is 0.665. The second-order valence-electron chi connectivity index (χ2n) is 2.24. The van der Waals surface area contributed by atoms with Crippen LogP contribution in [0.3, 0.4) is 0 Å². The third kappa shape index (κ3) is 3.34. The molecule has 0 bridgehead atoms. The van der Waals surface area contributed by atoms with Gasteiger partial charge in [-0.25, -0.2) is 8.78 Å². The molecule has 0 amide bonds. The van der Waals surface area contributed by atoms with Crippen LogP contribution in [-0.2, 0) is 6.54 Å². The van der Waals surface area contributed by atoms with Gasteiger partial charge in [0.1, 0.15) is 0 Å². The van der Waals surface area contributed by atoms with Crippen molar-refractivity contribution in [3.05, 3.63) is 24.0 Å². The molecule has 0 aliphatic heterocycles. The topological polar surface area (TPSA) is 37.8 Å². The Labute approximate surface area is 68.8 Å². The van der Waals surface area contributed by atoms with E-state index >= 15 is 0 Å². The summed E-state index contributed by atoms with van der Waals surface area (Å²) in [5, 5.41) is 9.87. The van der Waals surface area contributed by atoms with Crippen molar-refractivity contribution in [3.63, 3.8) is 0 Å². The number of halogens is 2. The van der Waals surface area contributed by atoms with E-state index in [9.17, 15) is 8.78 Å². The molecule has 0 aromatic carbocycles. The van der Waals surface area contributed by atoms with E-state index in [0.717, 1.165) is 0 Å². The summed E-state index contributed by atoms with van der Waals surface area (Å²) in [6, 6.07) is 3.44. The molecule has 1 aromatic heterocycles. The number of nitrogens with zero attached hydrogens (tertiary/aromatic N) is 2. The first-order valence-corrected chi connectivity index (χ1v) is 3.54. The molecule has 0 saturated heterocycles. The fraction of sp³-hybridized carbons (Fsp3) is 0.429. The van der Waals surface area contributed by atoms with Crippen LogP contribution in [0.1, 0.15) is 5.69 Å². The number of aromatic nitrogens is 2. The van der Waals surface area contributed by atoms with Crippen LogP contribution < -0.4 is 5.32 Å². The fourth-order valence-electron chi connectivity index (χ4n) is 0.737. The lowest BCUT2D eigenvalue weighted by molar-refractivity contribution is 0.145. The van der Waals surface area contributed by atoms with Gasteiger partial charge in [0, 0.05) is 12.7 Å². The second kappa shape index (κ2) is 4.71. The molecule has 0 atom stereocenters. The van der Waals surface area contributed by atoms with Gasteiger partial charge in [-0.1, -0.05) is 0 Å². The molecule has 0 fully saturated rings. The summed E-state index contributed by atoms with van der Waals surface area (Å²) in [7, 11) is 0. The third-order valence-corrected chi connectivity index (χ3v) is 1.23. The number of alkyl halides is 2. The number of rotatable bonds is 4. The SMILES string of the molecule is FC(F)CNCc1cccnn1. The average molecular weight is 173 g/mol. The van der Waals surface area contributed by atoms with Gasteiger partial charge >= 0.3 is 0 Å². The maximum atomic E-state index is 11.6. The Morgan fingerprint density at radius 3 is 2.92 bits per heavy atom. The zero-order valence-electron chi connectivity index (χ0n) is 6.37.